The van der Waals surface area contributed by atoms with Gasteiger partial charge in [0.2, 0.25) is 6.04 Å². The van der Waals surface area contributed by atoms with Gasteiger partial charge in [-0.05, 0) is 47.5 Å². The van der Waals surface area contributed by atoms with Crippen LogP contribution in [0.3, 0.4) is 0 Å². The molecule has 1 saturated heterocycles. The molecule has 0 radical (unpaired) electrons. The Kier molecular flexibility index (Phi) is 5.72. The van der Waals surface area contributed by atoms with Crippen LogP contribution in [0.4, 0.5) is 5.69 Å². The van der Waals surface area contributed by atoms with E-state index in [9.17, 15) is 14.9 Å². The van der Waals surface area contributed by atoms with E-state index in [4.69, 9.17) is 4.74 Å². The highest BCUT2D eigenvalue weighted by Crippen LogP contribution is 2.49. The van der Waals surface area contributed by atoms with Gasteiger partial charge in [-0.2, -0.15) is 5.10 Å². The summed E-state index contributed by atoms with van der Waals surface area (Å²) in [7, 11) is 5.44. The molecule has 3 aromatic rings. The summed E-state index contributed by atoms with van der Waals surface area (Å²) in [5.41, 5.74) is 3.82. The van der Waals surface area contributed by atoms with Gasteiger partial charge in [-0.1, -0.05) is 36.4 Å². The summed E-state index contributed by atoms with van der Waals surface area (Å²) in [5.74, 6) is -0.265. The highest BCUT2D eigenvalue weighted by Gasteiger charge is 2.60. The van der Waals surface area contributed by atoms with Gasteiger partial charge in [0.15, 0.2) is 5.78 Å². The third-order valence-corrected chi connectivity index (χ3v) is 6.93. The number of Topliss-reactive ketones (excluding diaryl/α,β-unsaturated/α-hetero) is 1. The number of carbonyl (C=O) groups is 1. The van der Waals surface area contributed by atoms with E-state index in [-0.39, 0.29) is 10.7 Å². The Balaban J connectivity index is 1.66. The van der Waals surface area contributed by atoms with Crippen molar-refractivity contribution in [3.8, 4) is 5.75 Å². The van der Waals surface area contributed by atoms with Crippen molar-refractivity contribution < 1.29 is 14.5 Å². The summed E-state index contributed by atoms with van der Waals surface area (Å²) < 4.78 is 5.23. The Morgan fingerprint density at radius 1 is 1.03 bits per heavy atom. The van der Waals surface area contributed by atoms with Gasteiger partial charge in [0.1, 0.15) is 17.8 Å². The minimum absolute atomic E-state index is 0.208. The molecule has 4 atom stereocenters. The van der Waals surface area contributed by atoms with Crippen molar-refractivity contribution in [3.63, 3.8) is 0 Å². The maximum Gasteiger partial charge on any atom is 0.248 e. The summed E-state index contributed by atoms with van der Waals surface area (Å²) >= 11 is 0. The van der Waals surface area contributed by atoms with Gasteiger partial charge in [-0.25, -0.2) is 0 Å². The average Bonchev–Trinajstić information content (AvgIpc) is 3.24. The molecule has 0 spiro atoms. The summed E-state index contributed by atoms with van der Waals surface area (Å²) in [6.07, 6.45) is 1.69. The standard InChI is InChI=1S/C27H26N4O4/c1-29(2)20-12-8-17(9-13-20)23-25(31(33)34)24-22-7-5-4-6-19(22)16-28-30(24)26(23)27(32)18-10-14-21(35-3)15-11-18/h4-16,23-26H,1-3H3/t23-,24+,25-,26-/m0/s1. The van der Waals surface area contributed by atoms with Crippen molar-refractivity contribution >= 4 is 17.7 Å². The maximum atomic E-state index is 14.0. The Hall–Kier alpha value is -4.20. The zero-order valence-corrected chi connectivity index (χ0v) is 19.7. The van der Waals surface area contributed by atoms with Gasteiger partial charge in [-0.3, -0.25) is 19.9 Å². The SMILES string of the molecule is COc1ccc(C(=O)[C@@H]2[C@@H](c3ccc(N(C)C)cc3)[C@H]([N+](=O)[O-])[C@H]3c4ccccc4C=NN23)cc1. The fraction of sp³-hybridized carbons (Fsp3) is 0.259. The molecule has 2 aliphatic rings. The summed E-state index contributed by atoms with van der Waals surface area (Å²) in [4.78, 5) is 28.3. The fourth-order valence-electron chi connectivity index (χ4n) is 5.20. The van der Waals surface area contributed by atoms with Crippen LogP contribution < -0.4 is 9.64 Å². The molecule has 0 aromatic heterocycles. The number of hydrazone groups is 1. The molecule has 2 heterocycles. The third kappa shape index (κ3) is 3.80. The largest absolute Gasteiger partial charge is 0.497 e. The molecule has 0 N–H and O–H groups in total. The highest BCUT2D eigenvalue weighted by molar-refractivity contribution is 6.01. The van der Waals surface area contributed by atoms with Crippen LogP contribution in [-0.4, -0.2) is 55.2 Å². The van der Waals surface area contributed by atoms with Gasteiger partial charge < -0.3 is 9.64 Å². The van der Waals surface area contributed by atoms with E-state index in [1.807, 2.05) is 67.5 Å². The second-order valence-corrected chi connectivity index (χ2v) is 9.02. The third-order valence-electron chi connectivity index (χ3n) is 6.93. The predicted molar refractivity (Wildman–Crippen MR) is 134 cm³/mol. The maximum absolute atomic E-state index is 14.0. The van der Waals surface area contributed by atoms with Crippen LogP contribution in [0.1, 0.15) is 39.0 Å². The van der Waals surface area contributed by atoms with E-state index in [0.29, 0.717) is 11.3 Å². The second kappa shape index (κ2) is 8.87. The van der Waals surface area contributed by atoms with Gasteiger partial charge >= 0.3 is 0 Å². The van der Waals surface area contributed by atoms with Gasteiger partial charge in [0.25, 0.3) is 0 Å². The van der Waals surface area contributed by atoms with Crippen LogP contribution >= 0.6 is 0 Å². The van der Waals surface area contributed by atoms with E-state index in [2.05, 4.69) is 5.10 Å². The second-order valence-electron chi connectivity index (χ2n) is 9.02. The first-order chi connectivity index (χ1) is 16.9. The number of ether oxygens (including phenoxy) is 1. The molecule has 8 heteroatoms. The highest BCUT2D eigenvalue weighted by atomic mass is 16.6. The lowest BCUT2D eigenvalue weighted by Gasteiger charge is -2.30. The molecule has 35 heavy (non-hydrogen) atoms. The number of hydrogen-bond acceptors (Lipinski definition) is 7. The fourth-order valence-corrected chi connectivity index (χ4v) is 5.20. The molecule has 0 unspecified atom stereocenters. The predicted octanol–water partition coefficient (Wildman–Crippen LogP) is 4.15. The first-order valence-electron chi connectivity index (χ1n) is 11.4. The van der Waals surface area contributed by atoms with Crippen molar-refractivity contribution in [1.82, 2.24) is 5.01 Å². The van der Waals surface area contributed by atoms with Crippen LogP contribution in [-0.2, 0) is 0 Å². The van der Waals surface area contributed by atoms with E-state index in [0.717, 1.165) is 22.4 Å². The summed E-state index contributed by atoms with van der Waals surface area (Å²) in [6.45, 7) is 0. The van der Waals surface area contributed by atoms with E-state index in [1.165, 1.54) is 0 Å². The molecule has 0 saturated carbocycles. The molecular weight excluding hydrogens is 444 g/mol. The molecule has 8 nitrogen and oxygen atoms in total. The van der Waals surface area contributed by atoms with Crippen molar-refractivity contribution in [2.45, 2.75) is 24.0 Å². The lowest BCUT2D eigenvalue weighted by molar-refractivity contribution is -0.529. The van der Waals surface area contributed by atoms with Crippen LogP contribution in [0.2, 0.25) is 0 Å². The summed E-state index contributed by atoms with van der Waals surface area (Å²) in [6, 6.07) is 19.5. The van der Waals surface area contributed by atoms with Crippen LogP contribution in [0.5, 0.6) is 5.75 Å². The number of rotatable bonds is 6. The lowest BCUT2D eigenvalue weighted by Crippen LogP contribution is -2.38. The number of hydrogen-bond donors (Lipinski definition) is 0. The van der Waals surface area contributed by atoms with Gasteiger partial charge in [-0.15, -0.1) is 0 Å². The Bertz CT molecular complexity index is 1290. The normalized spacial score (nSPS) is 22.3. The number of methoxy groups -OCH3 is 1. The molecular formula is C27H26N4O4. The first kappa shape index (κ1) is 22.6. The monoisotopic (exact) mass is 470 g/mol. The van der Waals surface area contributed by atoms with E-state index in [1.54, 1.807) is 42.6 Å². The van der Waals surface area contributed by atoms with Crippen molar-refractivity contribution in [2.75, 3.05) is 26.1 Å². The first-order valence-corrected chi connectivity index (χ1v) is 11.4. The molecule has 0 bridgehead atoms. The molecule has 0 aliphatic carbocycles. The molecule has 3 aromatic carbocycles. The van der Waals surface area contributed by atoms with Crippen LogP contribution in [0, 0.1) is 10.1 Å². The Labute approximate surface area is 203 Å². The van der Waals surface area contributed by atoms with Crippen LogP contribution in [0.15, 0.2) is 77.9 Å². The molecule has 0 amide bonds. The molecule has 5 rings (SSSR count). The quantitative estimate of drug-likeness (QED) is 0.306. The van der Waals surface area contributed by atoms with Crippen molar-refractivity contribution in [2.24, 2.45) is 5.10 Å². The number of ketones is 1. The van der Waals surface area contributed by atoms with E-state index < -0.39 is 24.0 Å². The van der Waals surface area contributed by atoms with Crippen LogP contribution in [0.25, 0.3) is 0 Å². The van der Waals surface area contributed by atoms with Gasteiger partial charge in [0, 0.05) is 35.8 Å². The molecule has 2 aliphatic heterocycles. The lowest BCUT2D eigenvalue weighted by atomic mass is 9.82. The number of nitro groups is 1. The van der Waals surface area contributed by atoms with Gasteiger partial charge in [0.05, 0.1) is 19.2 Å². The number of fused-ring (bicyclic) bond motifs is 3. The molecule has 1 fully saturated rings. The molecule has 178 valence electrons. The smallest absolute Gasteiger partial charge is 0.248 e. The van der Waals surface area contributed by atoms with Crippen molar-refractivity contribution in [3.05, 3.63) is 105 Å². The minimum atomic E-state index is -1.05. The Morgan fingerprint density at radius 2 is 1.71 bits per heavy atom. The van der Waals surface area contributed by atoms with E-state index >= 15 is 0 Å². The topological polar surface area (TPSA) is 88.3 Å². The average molecular weight is 471 g/mol. The minimum Gasteiger partial charge on any atom is -0.497 e. The number of nitrogens with zero attached hydrogens (tertiary/aromatic N) is 4. The summed E-state index contributed by atoms with van der Waals surface area (Å²) in [5, 5.41) is 18.8. The zero-order chi connectivity index (χ0) is 24.7. The number of carbonyl (C=O) groups excluding carboxylic acids is 1. The van der Waals surface area contributed by atoms with Crippen molar-refractivity contribution in [1.29, 1.82) is 0 Å². The Morgan fingerprint density at radius 3 is 2.34 bits per heavy atom. The zero-order valence-electron chi connectivity index (χ0n) is 19.7. The number of benzene rings is 3. The number of anilines is 1.